The van der Waals surface area contributed by atoms with Crippen molar-refractivity contribution in [3.8, 4) is 5.75 Å². The second-order valence-corrected chi connectivity index (χ2v) is 7.48. The van der Waals surface area contributed by atoms with Gasteiger partial charge in [0.25, 0.3) is 0 Å². The molecule has 1 aliphatic rings. The van der Waals surface area contributed by atoms with E-state index in [9.17, 15) is 4.79 Å². The molecule has 1 saturated carbocycles. The number of benzene rings is 3. The highest BCUT2D eigenvalue weighted by Crippen LogP contribution is 2.48. The minimum atomic E-state index is -0.297. The molecule has 0 atom stereocenters. The van der Waals surface area contributed by atoms with Crippen LogP contribution < -0.4 is 10.1 Å². The summed E-state index contributed by atoms with van der Waals surface area (Å²) in [6.07, 6.45) is 2.20. The third kappa shape index (κ3) is 3.79. The third-order valence-corrected chi connectivity index (χ3v) is 5.68. The second-order valence-electron chi connectivity index (χ2n) is 7.48. The summed E-state index contributed by atoms with van der Waals surface area (Å²) in [6.45, 7) is 0.661. The summed E-state index contributed by atoms with van der Waals surface area (Å²) in [5.41, 5.74) is 3.35. The molecule has 0 radical (unpaired) electrons. The van der Waals surface area contributed by atoms with Crippen molar-refractivity contribution < 1.29 is 9.53 Å². The lowest BCUT2D eigenvalue weighted by Gasteiger charge is -2.21. The molecule has 1 aliphatic carbocycles. The first kappa shape index (κ1) is 18.3. The standard InChI is InChI=1S/C25H25NO2/c1-28-22-14-12-21(13-15-22)25(16-17-25)18-26-24(27)23(19-8-4-2-5-9-19)20-10-6-3-7-11-20/h2-15,23H,16-18H2,1H3,(H,26,27). The summed E-state index contributed by atoms with van der Waals surface area (Å²) in [6, 6.07) is 28.2. The van der Waals surface area contributed by atoms with Crippen LogP contribution in [0.3, 0.4) is 0 Å². The maximum atomic E-state index is 13.2. The van der Waals surface area contributed by atoms with E-state index in [1.807, 2.05) is 72.8 Å². The molecule has 28 heavy (non-hydrogen) atoms. The number of amides is 1. The number of carbonyl (C=O) groups excluding carboxylic acids is 1. The molecule has 0 saturated heterocycles. The molecule has 142 valence electrons. The SMILES string of the molecule is COc1ccc(C2(CNC(=O)C(c3ccccc3)c3ccccc3)CC2)cc1. The molecule has 1 fully saturated rings. The quantitative estimate of drug-likeness (QED) is 0.655. The predicted octanol–water partition coefficient (Wildman–Crippen LogP) is 4.68. The summed E-state index contributed by atoms with van der Waals surface area (Å²) in [5.74, 6) is 0.614. The first-order valence-corrected chi connectivity index (χ1v) is 9.74. The fourth-order valence-electron chi connectivity index (χ4n) is 3.81. The Morgan fingerprint density at radius 1 is 0.893 bits per heavy atom. The van der Waals surface area contributed by atoms with Crippen LogP contribution in [0.4, 0.5) is 0 Å². The van der Waals surface area contributed by atoms with Crippen LogP contribution in [0.2, 0.25) is 0 Å². The monoisotopic (exact) mass is 371 g/mol. The zero-order valence-corrected chi connectivity index (χ0v) is 16.1. The number of hydrogen-bond acceptors (Lipinski definition) is 2. The number of nitrogens with one attached hydrogen (secondary N) is 1. The van der Waals surface area contributed by atoms with E-state index in [4.69, 9.17) is 4.74 Å². The van der Waals surface area contributed by atoms with Crippen molar-refractivity contribution in [1.29, 1.82) is 0 Å². The van der Waals surface area contributed by atoms with Crippen LogP contribution in [0.25, 0.3) is 0 Å². The van der Waals surface area contributed by atoms with Crippen LogP contribution in [0.15, 0.2) is 84.9 Å². The van der Waals surface area contributed by atoms with Crippen molar-refractivity contribution in [2.45, 2.75) is 24.2 Å². The van der Waals surface area contributed by atoms with E-state index >= 15 is 0 Å². The number of rotatable bonds is 7. The fourth-order valence-corrected chi connectivity index (χ4v) is 3.81. The molecule has 3 nitrogen and oxygen atoms in total. The number of ether oxygens (including phenoxy) is 1. The van der Waals surface area contributed by atoms with Crippen LogP contribution in [0.5, 0.6) is 5.75 Å². The highest BCUT2D eigenvalue weighted by Gasteiger charge is 2.44. The Morgan fingerprint density at radius 2 is 1.43 bits per heavy atom. The molecule has 1 N–H and O–H groups in total. The first-order valence-electron chi connectivity index (χ1n) is 9.74. The van der Waals surface area contributed by atoms with Crippen molar-refractivity contribution in [2.75, 3.05) is 13.7 Å². The van der Waals surface area contributed by atoms with Gasteiger partial charge in [0, 0.05) is 12.0 Å². The van der Waals surface area contributed by atoms with Crippen LogP contribution in [-0.4, -0.2) is 19.6 Å². The van der Waals surface area contributed by atoms with Gasteiger partial charge < -0.3 is 10.1 Å². The van der Waals surface area contributed by atoms with Crippen molar-refractivity contribution in [2.24, 2.45) is 0 Å². The van der Waals surface area contributed by atoms with E-state index in [1.165, 1.54) is 5.56 Å². The zero-order chi connectivity index (χ0) is 19.4. The molecule has 0 unspecified atom stereocenters. The van der Waals surface area contributed by atoms with E-state index in [2.05, 4.69) is 17.4 Å². The maximum absolute atomic E-state index is 13.2. The fraction of sp³-hybridized carbons (Fsp3) is 0.240. The Labute approximate surface area is 166 Å². The molecule has 1 amide bonds. The van der Waals surface area contributed by atoms with Gasteiger partial charge in [-0.05, 0) is 41.7 Å². The third-order valence-electron chi connectivity index (χ3n) is 5.68. The van der Waals surface area contributed by atoms with E-state index < -0.39 is 0 Å². The minimum Gasteiger partial charge on any atom is -0.497 e. The van der Waals surface area contributed by atoms with Crippen molar-refractivity contribution in [3.63, 3.8) is 0 Å². The molecule has 3 heteroatoms. The highest BCUT2D eigenvalue weighted by atomic mass is 16.5. The first-order chi connectivity index (χ1) is 13.7. The van der Waals surface area contributed by atoms with Gasteiger partial charge in [-0.1, -0.05) is 72.8 Å². The van der Waals surface area contributed by atoms with Gasteiger partial charge >= 0.3 is 0 Å². The van der Waals surface area contributed by atoms with Gasteiger partial charge in [-0.15, -0.1) is 0 Å². The Bertz CT molecular complexity index is 876. The lowest BCUT2D eigenvalue weighted by molar-refractivity contribution is -0.121. The maximum Gasteiger partial charge on any atom is 0.232 e. The molecule has 0 heterocycles. The molecule has 0 bridgehead atoms. The summed E-state index contributed by atoms with van der Waals surface area (Å²) in [4.78, 5) is 13.2. The minimum absolute atomic E-state index is 0.0530. The molecule has 4 rings (SSSR count). The van der Waals surface area contributed by atoms with Crippen molar-refractivity contribution >= 4 is 5.91 Å². The van der Waals surface area contributed by atoms with Crippen LogP contribution in [0.1, 0.15) is 35.4 Å². The van der Waals surface area contributed by atoms with Gasteiger partial charge in [-0.2, -0.15) is 0 Å². The Balaban J connectivity index is 1.52. The zero-order valence-electron chi connectivity index (χ0n) is 16.1. The van der Waals surface area contributed by atoms with Gasteiger partial charge in [0.15, 0.2) is 0 Å². The highest BCUT2D eigenvalue weighted by molar-refractivity contribution is 5.87. The molecule has 0 spiro atoms. The number of methoxy groups -OCH3 is 1. The molecule has 3 aromatic rings. The van der Waals surface area contributed by atoms with Gasteiger partial charge in [0.1, 0.15) is 5.75 Å². The Kier molecular flexibility index (Phi) is 5.16. The Hall–Kier alpha value is -3.07. The average Bonchev–Trinajstić information content (AvgIpc) is 3.55. The van der Waals surface area contributed by atoms with E-state index in [0.717, 1.165) is 29.7 Å². The van der Waals surface area contributed by atoms with E-state index in [-0.39, 0.29) is 17.2 Å². The van der Waals surface area contributed by atoms with Crippen LogP contribution in [0, 0.1) is 0 Å². The molecule has 0 aromatic heterocycles. The van der Waals surface area contributed by atoms with Gasteiger partial charge in [-0.3, -0.25) is 4.79 Å². The van der Waals surface area contributed by atoms with Gasteiger partial charge in [0.05, 0.1) is 13.0 Å². The second kappa shape index (κ2) is 7.89. The summed E-state index contributed by atoms with van der Waals surface area (Å²) in [7, 11) is 1.68. The topological polar surface area (TPSA) is 38.3 Å². The van der Waals surface area contributed by atoms with Gasteiger partial charge in [0.2, 0.25) is 5.91 Å². The number of carbonyl (C=O) groups is 1. The summed E-state index contributed by atoms with van der Waals surface area (Å²) >= 11 is 0. The largest absolute Gasteiger partial charge is 0.497 e. The van der Waals surface area contributed by atoms with Crippen LogP contribution >= 0.6 is 0 Å². The molecular formula is C25H25NO2. The normalized spacial score (nSPS) is 14.5. The molecule has 0 aliphatic heterocycles. The smallest absolute Gasteiger partial charge is 0.232 e. The van der Waals surface area contributed by atoms with E-state index in [1.54, 1.807) is 7.11 Å². The van der Waals surface area contributed by atoms with Crippen LogP contribution in [-0.2, 0) is 10.2 Å². The summed E-state index contributed by atoms with van der Waals surface area (Å²) in [5, 5.41) is 3.24. The molecule has 3 aromatic carbocycles. The van der Waals surface area contributed by atoms with E-state index in [0.29, 0.717) is 6.54 Å². The van der Waals surface area contributed by atoms with Gasteiger partial charge in [-0.25, -0.2) is 0 Å². The van der Waals surface area contributed by atoms with Crippen molar-refractivity contribution in [3.05, 3.63) is 102 Å². The lowest BCUT2D eigenvalue weighted by Crippen LogP contribution is -2.36. The van der Waals surface area contributed by atoms with Crippen molar-refractivity contribution in [1.82, 2.24) is 5.32 Å². The Morgan fingerprint density at radius 3 is 1.89 bits per heavy atom. The average molecular weight is 371 g/mol. The number of hydrogen-bond donors (Lipinski definition) is 1. The predicted molar refractivity (Wildman–Crippen MR) is 112 cm³/mol. The summed E-state index contributed by atoms with van der Waals surface area (Å²) < 4.78 is 5.26. The molecular weight excluding hydrogens is 346 g/mol. The lowest BCUT2D eigenvalue weighted by atomic mass is 9.90.